The number of anilines is 1. The number of halogens is 3. The van der Waals surface area contributed by atoms with Crippen molar-refractivity contribution in [3.63, 3.8) is 0 Å². The highest BCUT2D eigenvalue weighted by Crippen LogP contribution is 2.35. The first kappa shape index (κ1) is 25.1. The van der Waals surface area contributed by atoms with Gasteiger partial charge in [-0.2, -0.15) is 13.2 Å². The molecule has 0 bridgehead atoms. The number of methoxy groups -OCH3 is 1. The van der Waals surface area contributed by atoms with Gasteiger partial charge in [-0.25, -0.2) is 0 Å². The van der Waals surface area contributed by atoms with Crippen LogP contribution in [-0.4, -0.2) is 24.3 Å². The predicted octanol–water partition coefficient (Wildman–Crippen LogP) is 6.02. The van der Waals surface area contributed by atoms with Crippen LogP contribution >= 0.6 is 0 Å². The molecule has 0 atom stereocenters. The second kappa shape index (κ2) is 9.22. The van der Waals surface area contributed by atoms with Crippen molar-refractivity contribution >= 4 is 23.1 Å². The van der Waals surface area contributed by atoms with Gasteiger partial charge in [0.2, 0.25) is 5.76 Å². The molecule has 0 saturated heterocycles. The number of hydrogen-bond acceptors (Lipinski definition) is 5. The third-order valence-electron chi connectivity index (χ3n) is 5.77. The lowest BCUT2D eigenvalue weighted by Gasteiger charge is -2.35. The molecule has 0 fully saturated rings. The zero-order chi connectivity index (χ0) is 26.3. The molecule has 9 heteroatoms. The fraction of sp³-hybridized carbons (Fsp3) is 0.259. The van der Waals surface area contributed by atoms with Gasteiger partial charge in [-0.3, -0.25) is 9.59 Å². The average Bonchev–Trinajstić information content (AvgIpc) is 3.21. The molecule has 2 N–H and O–H groups in total. The summed E-state index contributed by atoms with van der Waals surface area (Å²) in [7, 11) is 1.58. The molecule has 3 aromatic rings. The largest absolute Gasteiger partial charge is 0.497 e. The van der Waals surface area contributed by atoms with Gasteiger partial charge < -0.3 is 19.8 Å². The van der Waals surface area contributed by atoms with Crippen molar-refractivity contribution in [1.82, 2.24) is 5.32 Å². The highest BCUT2D eigenvalue weighted by molar-refractivity contribution is 6.09. The molecule has 0 spiro atoms. The number of carbonyl (C=O) groups is 2. The number of ketones is 1. The first-order valence-corrected chi connectivity index (χ1v) is 11.2. The van der Waals surface area contributed by atoms with Gasteiger partial charge in [0.15, 0.2) is 5.78 Å². The Morgan fingerprint density at radius 2 is 1.81 bits per heavy atom. The molecule has 188 valence electrons. The Balaban J connectivity index is 1.55. The van der Waals surface area contributed by atoms with Gasteiger partial charge in [-0.15, -0.1) is 0 Å². The summed E-state index contributed by atoms with van der Waals surface area (Å²) in [5, 5.41) is 5.82. The van der Waals surface area contributed by atoms with Crippen molar-refractivity contribution in [2.45, 2.75) is 38.9 Å². The Hall–Kier alpha value is -4.01. The molecule has 1 amide bonds. The number of hydrogen-bond donors (Lipinski definition) is 2. The van der Waals surface area contributed by atoms with Crippen LogP contribution in [0.1, 0.15) is 57.2 Å². The number of benzene rings is 2. The van der Waals surface area contributed by atoms with Crippen LogP contribution in [0.3, 0.4) is 0 Å². The molecule has 36 heavy (non-hydrogen) atoms. The molecule has 1 aliphatic heterocycles. The van der Waals surface area contributed by atoms with E-state index in [1.54, 1.807) is 7.11 Å². The molecule has 2 aromatic carbocycles. The molecule has 2 heterocycles. The van der Waals surface area contributed by atoms with Crippen LogP contribution in [-0.2, 0) is 12.6 Å². The monoisotopic (exact) mass is 498 g/mol. The van der Waals surface area contributed by atoms with Gasteiger partial charge in [0.25, 0.3) is 5.91 Å². The Labute approximate surface area is 206 Å². The quantitative estimate of drug-likeness (QED) is 0.332. The van der Waals surface area contributed by atoms with Crippen LogP contribution in [0.4, 0.5) is 18.9 Å². The minimum absolute atomic E-state index is 0.0276. The fourth-order valence-electron chi connectivity index (χ4n) is 4.18. The topological polar surface area (TPSA) is 80.6 Å². The van der Waals surface area contributed by atoms with Crippen LogP contribution in [0.25, 0.3) is 5.70 Å². The van der Waals surface area contributed by atoms with Crippen molar-refractivity contribution in [2.75, 3.05) is 12.4 Å². The number of rotatable bonds is 5. The lowest BCUT2D eigenvalue weighted by Crippen LogP contribution is -2.43. The Morgan fingerprint density at radius 1 is 1.11 bits per heavy atom. The second-order valence-electron chi connectivity index (χ2n) is 9.26. The van der Waals surface area contributed by atoms with E-state index in [9.17, 15) is 22.8 Å². The maximum Gasteiger partial charge on any atom is 0.450 e. The first-order chi connectivity index (χ1) is 16.9. The normalized spacial score (nSPS) is 15.7. The summed E-state index contributed by atoms with van der Waals surface area (Å²) in [4.78, 5) is 25.5. The Kier molecular flexibility index (Phi) is 6.43. The van der Waals surface area contributed by atoms with E-state index in [2.05, 4.69) is 15.1 Å². The minimum atomic E-state index is -4.80. The van der Waals surface area contributed by atoms with Crippen LogP contribution in [0, 0.1) is 6.92 Å². The van der Waals surface area contributed by atoms with E-state index in [0.717, 1.165) is 23.6 Å². The summed E-state index contributed by atoms with van der Waals surface area (Å²) in [5.74, 6) is -1.93. The number of aryl methyl sites for hydroxylation is 1. The zero-order valence-corrected chi connectivity index (χ0v) is 20.2. The summed E-state index contributed by atoms with van der Waals surface area (Å²) in [6, 6.07) is 12.7. The van der Waals surface area contributed by atoms with Crippen LogP contribution < -0.4 is 15.4 Å². The molecule has 0 saturated carbocycles. The van der Waals surface area contributed by atoms with Crippen molar-refractivity contribution in [1.29, 1.82) is 0 Å². The van der Waals surface area contributed by atoms with Crippen LogP contribution in [0.2, 0.25) is 0 Å². The van der Waals surface area contributed by atoms with E-state index < -0.39 is 23.4 Å². The lowest BCUT2D eigenvalue weighted by molar-refractivity contribution is -0.153. The number of alkyl halides is 3. The second-order valence-corrected chi connectivity index (χ2v) is 9.26. The summed E-state index contributed by atoms with van der Waals surface area (Å²) < 4.78 is 49.4. The number of ether oxygens (including phenoxy) is 1. The molecule has 0 radical (unpaired) electrons. The van der Waals surface area contributed by atoms with Gasteiger partial charge in [0.05, 0.1) is 12.7 Å². The Morgan fingerprint density at radius 3 is 2.44 bits per heavy atom. The van der Waals surface area contributed by atoms with Crippen LogP contribution in [0.15, 0.2) is 59.0 Å². The number of nitrogens with one attached hydrogen (secondary N) is 2. The number of amides is 1. The van der Waals surface area contributed by atoms with Gasteiger partial charge in [0.1, 0.15) is 11.5 Å². The third kappa shape index (κ3) is 5.30. The van der Waals surface area contributed by atoms with Crippen molar-refractivity contribution in [3.05, 3.63) is 88.4 Å². The SMILES string of the molecule is COc1ccc2c(c1)/C(=C/C(=O)c1ccc(NC(=O)c3cc(C)oc3C(F)(F)F)cc1)NC(C)(C)C2. The predicted molar refractivity (Wildman–Crippen MR) is 129 cm³/mol. The van der Waals surface area contributed by atoms with Gasteiger partial charge in [-0.1, -0.05) is 6.07 Å². The summed E-state index contributed by atoms with van der Waals surface area (Å²) in [6.07, 6.45) is -2.51. The molecule has 1 aliphatic rings. The Bertz CT molecular complexity index is 1350. The molecule has 0 aliphatic carbocycles. The molecule has 4 rings (SSSR count). The molecule has 0 unspecified atom stereocenters. The lowest BCUT2D eigenvalue weighted by atomic mass is 9.85. The van der Waals surface area contributed by atoms with Crippen molar-refractivity contribution < 1.29 is 31.9 Å². The van der Waals surface area contributed by atoms with E-state index in [0.29, 0.717) is 17.0 Å². The first-order valence-electron chi connectivity index (χ1n) is 11.2. The van der Waals surface area contributed by atoms with E-state index in [1.165, 1.54) is 37.3 Å². The van der Waals surface area contributed by atoms with E-state index in [1.807, 2.05) is 32.0 Å². The summed E-state index contributed by atoms with van der Waals surface area (Å²) in [5.41, 5.74) is 2.35. The van der Waals surface area contributed by atoms with Gasteiger partial charge in [0, 0.05) is 34.1 Å². The van der Waals surface area contributed by atoms with E-state index in [4.69, 9.17) is 4.74 Å². The van der Waals surface area contributed by atoms with Crippen molar-refractivity contribution in [2.24, 2.45) is 0 Å². The molecular formula is C27H25F3N2O4. The van der Waals surface area contributed by atoms with E-state index in [-0.39, 0.29) is 22.8 Å². The zero-order valence-electron chi connectivity index (χ0n) is 20.2. The highest BCUT2D eigenvalue weighted by Gasteiger charge is 2.40. The number of fused-ring (bicyclic) bond motifs is 1. The number of carbonyl (C=O) groups excluding carboxylic acids is 2. The van der Waals surface area contributed by atoms with Crippen molar-refractivity contribution in [3.8, 4) is 5.75 Å². The van der Waals surface area contributed by atoms with Crippen LogP contribution in [0.5, 0.6) is 5.75 Å². The summed E-state index contributed by atoms with van der Waals surface area (Å²) in [6.45, 7) is 5.42. The highest BCUT2D eigenvalue weighted by atomic mass is 19.4. The standard InChI is InChI=1S/C27H25F3N2O4/c1-15-11-21(24(36-15)27(28,29)30)25(34)31-18-8-5-16(6-9-18)23(33)13-22-20-12-19(35-4)10-7-17(20)14-26(2,3)32-22/h5-13,32H,14H2,1-4H3,(H,31,34)/b22-13-. The molecule has 1 aromatic heterocycles. The maximum absolute atomic E-state index is 13.1. The fourth-order valence-corrected chi connectivity index (χ4v) is 4.18. The average molecular weight is 499 g/mol. The van der Waals surface area contributed by atoms with E-state index >= 15 is 0 Å². The van der Waals surface area contributed by atoms with Gasteiger partial charge >= 0.3 is 6.18 Å². The smallest absolute Gasteiger partial charge is 0.450 e. The van der Waals surface area contributed by atoms with Gasteiger partial charge in [-0.05, 0) is 75.2 Å². The summed E-state index contributed by atoms with van der Waals surface area (Å²) >= 11 is 0. The maximum atomic E-state index is 13.1. The number of allylic oxidation sites excluding steroid dienone is 1. The molecular weight excluding hydrogens is 473 g/mol. The minimum Gasteiger partial charge on any atom is -0.497 e. The molecule has 6 nitrogen and oxygen atoms in total. The third-order valence-corrected chi connectivity index (χ3v) is 5.77. The number of furan rings is 1.